The van der Waals surface area contributed by atoms with Crippen LogP contribution in [-0.4, -0.2) is 74.7 Å². The molecule has 6 rings (SSSR count). The topological polar surface area (TPSA) is 124 Å². The Hall–Kier alpha value is -5.29. The molecule has 1 fully saturated rings. The third-order valence-corrected chi connectivity index (χ3v) is 8.12. The molecular formula is C33H35N9O2. The lowest BCUT2D eigenvalue weighted by atomic mass is 9.96. The number of rotatable bonds is 8. The van der Waals surface area contributed by atoms with Gasteiger partial charge in [-0.15, -0.1) is 10.2 Å². The number of aryl methyl sites for hydroxylation is 2. The van der Waals surface area contributed by atoms with Gasteiger partial charge in [-0.05, 0) is 61.0 Å². The predicted octanol–water partition coefficient (Wildman–Crippen LogP) is 4.14. The zero-order chi connectivity index (χ0) is 30.8. The first-order valence-corrected chi connectivity index (χ1v) is 14.5. The maximum absolute atomic E-state index is 13.2. The van der Waals surface area contributed by atoms with E-state index in [1.165, 1.54) is 11.8 Å². The van der Waals surface area contributed by atoms with E-state index >= 15 is 0 Å². The number of benzene rings is 2. The Labute approximate surface area is 255 Å². The molecule has 4 heterocycles. The number of amides is 2. The summed E-state index contributed by atoms with van der Waals surface area (Å²) in [7, 11) is 3.98. The number of carbonyl (C=O) groups excluding carboxylic acids is 2. The first-order valence-electron chi connectivity index (χ1n) is 14.5. The number of aromatic amines is 1. The van der Waals surface area contributed by atoms with E-state index in [9.17, 15) is 9.59 Å². The average molecular weight is 590 g/mol. The number of hydrogen-bond donors (Lipinski definition) is 3. The number of fused-ring (bicyclic) bond motifs is 1. The summed E-state index contributed by atoms with van der Waals surface area (Å²) in [4.78, 5) is 38.3. The molecule has 3 N–H and O–H groups in total. The molecule has 5 aromatic rings. The number of aromatic nitrogens is 5. The SMILES string of the molecule is C=CC(=O)Nc1cc(-c2c(-c3ccc(N4CCN(C)CC4)cc3)[nH]c3ncc(C(=O)NCc4nncn4C)cc23)ccc1C. The van der Waals surface area contributed by atoms with Gasteiger partial charge in [-0.1, -0.05) is 30.8 Å². The van der Waals surface area contributed by atoms with E-state index in [0.717, 1.165) is 59.5 Å². The van der Waals surface area contributed by atoms with Gasteiger partial charge in [0, 0.05) is 61.7 Å². The quantitative estimate of drug-likeness (QED) is 0.233. The Bertz CT molecular complexity index is 1850. The first kappa shape index (κ1) is 28.8. The predicted molar refractivity (Wildman–Crippen MR) is 172 cm³/mol. The highest BCUT2D eigenvalue weighted by atomic mass is 16.2. The summed E-state index contributed by atoms with van der Waals surface area (Å²) in [6.07, 6.45) is 4.41. The van der Waals surface area contributed by atoms with Crippen molar-refractivity contribution < 1.29 is 9.59 Å². The molecule has 0 unspecified atom stereocenters. The Balaban J connectivity index is 1.41. The van der Waals surface area contributed by atoms with Crippen LogP contribution in [0.5, 0.6) is 0 Å². The van der Waals surface area contributed by atoms with E-state index in [-0.39, 0.29) is 18.4 Å². The number of H-pyrrole nitrogens is 1. The molecule has 0 aliphatic carbocycles. The fraction of sp³-hybridized carbons (Fsp3) is 0.242. The minimum atomic E-state index is -0.285. The van der Waals surface area contributed by atoms with Crippen LogP contribution in [0.25, 0.3) is 33.4 Å². The second-order valence-electron chi connectivity index (χ2n) is 11.1. The van der Waals surface area contributed by atoms with E-state index in [2.05, 4.69) is 78.5 Å². The van der Waals surface area contributed by atoms with Gasteiger partial charge in [0.25, 0.3) is 5.91 Å². The molecule has 0 spiro atoms. The molecule has 1 saturated heterocycles. The van der Waals surface area contributed by atoms with Crippen LogP contribution in [-0.2, 0) is 18.4 Å². The molecule has 0 saturated carbocycles. The molecule has 3 aromatic heterocycles. The van der Waals surface area contributed by atoms with Gasteiger partial charge < -0.3 is 30.0 Å². The summed E-state index contributed by atoms with van der Waals surface area (Å²) >= 11 is 0. The number of pyridine rings is 1. The molecule has 224 valence electrons. The Morgan fingerprint density at radius 2 is 1.77 bits per heavy atom. The number of nitrogens with zero attached hydrogens (tertiary/aromatic N) is 6. The minimum absolute atomic E-state index is 0.239. The smallest absolute Gasteiger partial charge is 0.253 e. The van der Waals surface area contributed by atoms with Gasteiger partial charge in [0.15, 0.2) is 5.82 Å². The molecule has 0 atom stereocenters. The van der Waals surface area contributed by atoms with Crippen molar-refractivity contribution in [2.45, 2.75) is 13.5 Å². The lowest BCUT2D eigenvalue weighted by molar-refractivity contribution is -0.111. The van der Waals surface area contributed by atoms with E-state index in [0.29, 0.717) is 22.7 Å². The largest absolute Gasteiger partial charge is 0.369 e. The van der Waals surface area contributed by atoms with E-state index in [4.69, 9.17) is 0 Å². The van der Waals surface area contributed by atoms with E-state index in [1.54, 1.807) is 17.1 Å². The Morgan fingerprint density at radius 3 is 2.48 bits per heavy atom. The molecule has 11 heteroatoms. The number of carbonyl (C=O) groups is 2. The summed E-state index contributed by atoms with van der Waals surface area (Å²) < 4.78 is 1.76. The number of likely N-dealkylation sites (N-methyl/N-ethyl adjacent to an activating group) is 1. The van der Waals surface area contributed by atoms with Gasteiger partial charge in [-0.2, -0.15) is 0 Å². The number of anilines is 2. The molecule has 11 nitrogen and oxygen atoms in total. The highest BCUT2D eigenvalue weighted by Gasteiger charge is 2.20. The fourth-order valence-corrected chi connectivity index (χ4v) is 5.44. The van der Waals surface area contributed by atoms with Crippen molar-refractivity contribution >= 4 is 34.2 Å². The van der Waals surface area contributed by atoms with Crippen molar-refractivity contribution in [3.63, 3.8) is 0 Å². The van der Waals surface area contributed by atoms with Crippen LogP contribution in [0.4, 0.5) is 11.4 Å². The zero-order valence-electron chi connectivity index (χ0n) is 25.1. The van der Waals surface area contributed by atoms with Crippen molar-refractivity contribution in [3.05, 3.63) is 90.7 Å². The number of nitrogens with one attached hydrogen (secondary N) is 3. The van der Waals surface area contributed by atoms with Crippen molar-refractivity contribution in [3.8, 4) is 22.4 Å². The fourth-order valence-electron chi connectivity index (χ4n) is 5.44. The van der Waals surface area contributed by atoms with Crippen LogP contribution in [0.1, 0.15) is 21.7 Å². The van der Waals surface area contributed by atoms with E-state index < -0.39 is 0 Å². The molecule has 0 radical (unpaired) electrons. The van der Waals surface area contributed by atoms with Crippen LogP contribution in [0.2, 0.25) is 0 Å². The number of piperazine rings is 1. The van der Waals surface area contributed by atoms with Gasteiger partial charge in [-0.3, -0.25) is 9.59 Å². The zero-order valence-corrected chi connectivity index (χ0v) is 25.1. The number of hydrogen-bond acceptors (Lipinski definition) is 7. The molecule has 1 aliphatic rings. The molecule has 0 bridgehead atoms. The third-order valence-electron chi connectivity index (χ3n) is 8.12. The van der Waals surface area contributed by atoms with Crippen molar-refractivity contribution in [2.24, 2.45) is 7.05 Å². The summed E-state index contributed by atoms with van der Waals surface area (Å²) in [5.74, 6) is 0.0914. The Morgan fingerprint density at radius 1 is 1.02 bits per heavy atom. The second kappa shape index (κ2) is 12.1. The molecule has 2 aromatic carbocycles. The van der Waals surface area contributed by atoms with Crippen LogP contribution in [0, 0.1) is 6.92 Å². The summed E-state index contributed by atoms with van der Waals surface area (Å²) in [6, 6.07) is 16.3. The van der Waals surface area contributed by atoms with Gasteiger partial charge in [-0.25, -0.2) is 4.98 Å². The minimum Gasteiger partial charge on any atom is -0.369 e. The standard InChI is InChI=1S/C33H35N9O2/c1-5-29(43)37-27-17-23(7-6-21(27)2)30-26-16-24(33(44)35-19-28-39-36-20-41(28)4)18-34-32(26)38-31(30)22-8-10-25(11-9-22)42-14-12-40(3)13-15-42/h5-11,16-18,20H,1,12-15,19H2,2-4H3,(H,34,38)(H,35,44)(H,37,43). The van der Waals surface area contributed by atoms with Gasteiger partial charge in [0.2, 0.25) is 5.91 Å². The maximum atomic E-state index is 13.2. The lowest BCUT2D eigenvalue weighted by Crippen LogP contribution is -2.44. The van der Waals surface area contributed by atoms with Crippen LogP contribution in [0.15, 0.2) is 73.7 Å². The average Bonchev–Trinajstić information content (AvgIpc) is 3.64. The normalized spacial score (nSPS) is 13.7. The molecule has 1 aliphatic heterocycles. The maximum Gasteiger partial charge on any atom is 0.253 e. The van der Waals surface area contributed by atoms with Crippen LogP contribution < -0.4 is 15.5 Å². The lowest BCUT2D eigenvalue weighted by Gasteiger charge is -2.34. The highest BCUT2D eigenvalue weighted by Crippen LogP contribution is 2.40. The first-order chi connectivity index (χ1) is 21.3. The van der Waals surface area contributed by atoms with Crippen LogP contribution in [0.3, 0.4) is 0 Å². The second-order valence-corrected chi connectivity index (χ2v) is 11.1. The summed E-state index contributed by atoms with van der Waals surface area (Å²) in [6.45, 7) is 9.81. The summed E-state index contributed by atoms with van der Waals surface area (Å²) in [5, 5.41) is 14.5. The van der Waals surface area contributed by atoms with Crippen molar-refractivity contribution in [2.75, 3.05) is 43.4 Å². The Kier molecular flexibility index (Phi) is 7.95. The molecule has 2 amide bonds. The summed E-state index contributed by atoms with van der Waals surface area (Å²) in [5.41, 5.74) is 7.48. The van der Waals surface area contributed by atoms with Crippen molar-refractivity contribution in [1.29, 1.82) is 0 Å². The third kappa shape index (κ3) is 5.82. The van der Waals surface area contributed by atoms with E-state index in [1.807, 2.05) is 38.2 Å². The molecule has 44 heavy (non-hydrogen) atoms. The van der Waals surface area contributed by atoms with Gasteiger partial charge >= 0.3 is 0 Å². The van der Waals surface area contributed by atoms with Gasteiger partial charge in [0.1, 0.15) is 12.0 Å². The highest BCUT2D eigenvalue weighted by molar-refractivity contribution is 6.07. The van der Waals surface area contributed by atoms with Gasteiger partial charge in [0.05, 0.1) is 17.8 Å². The molecular weight excluding hydrogens is 554 g/mol. The van der Waals surface area contributed by atoms with Crippen molar-refractivity contribution in [1.82, 2.24) is 34.9 Å². The van der Waals surface area contributed by atoms with Crippen LogP contribution >= 0.6 is 0 Å². The monoisotopic (exact) mass is 589 g/mol.